The lowest BCUT2D eigenvalue weighted by molar-refractivity contribution is 0.122. The van der Waals surface area contributed by atoms with Gasteiger partial charge in [-0.3, -0.25) is 0 Å². The topological polar surface area (TPSA) is 63.2 Å². The highest BCUT2D eigenvalue weighted by atomic mass is 35.5. The smallest absolute Gasteiger partial charge is 0.156 e. The van der Waals surface area contributed by atoms with E-state index in [0.717, 1.165) is 72.8 Å². The van der Waals surface area contributed by atoms with Crippen LogP contribution in [-0.4, -0.2) is 47.5 Å². The van der Waals surface area contributed by atoms with Crippen molar-refractivity contribution in [1.82, 2.24) is 15.2 Å². The van der Waals surface area contributed by atoms with Gasteiger partial charge in [-0.15, -0.1) is 10.2 Å². The van der Waals surface area contributed by atoms with Crippen LogP contribution in [0.4, 0.5) is 11.6 Å². The minimum absolute atomic E-state index is 0.428. The largest absolute Gasteiger partial charge is 0.378 e. The second-order valence-corrected chi connectivity index (χ2v) is 8.65. The van der Waals surface area contributed by atoms with Crippen LogP contribution in [0, 0.1) is 0 Å². The first kappa shape index (κ1) is 19.8. The second-order valence-electron chi connectivity index (χ2n) is 7.84. The van der Waals surface area contributed by atoms with Crippen LogP contribution < -0.4 is 10.2 Å². The Kier molecular flexibility index (Phi) is 5.63. The molecule has 0 unspecified atom stereocenters. The zero-order chi connectivity index (χ0) is 20.5. The van der Waals surface area contributed by atoms with Crippen LogP contribution in [0.3, 0.4) is 0 Å². The number of rotatable bonds is 4. The molecule has 5 rings (SSSR count). The van der Waals surface area contributed by atoms with Crippen LogP contribution in [0.1, 0.15) is 25.7 Å². The molecule has 0 amide bonds. The SMILES string of the molecule is Clc1cc2c(NC3CCCC3)nnc(-c3ccc(N4CCOCC4)nc3)c2cc1Cl. The van der Waals surface area contributed by atoms with Crippen molar-refractivity contribution in [1.29, 1.82) is 0 Å². The van der Waals surface area contributed by atoms with E-state index in [4.69, 9.17) is 27.9 Å². The summed E-state index contributed by atoms with van der Waals surface area (Å²) in [6.07, 6.45) is 6.64. The Morgan fingerprint density at radius 2 is 1.70 bits per heavy atom. The average molecular weight is 444 g/mol. The Balaban J connectivity index is 1.53. The molecule has 30 heavy (non-hydrogen) atoms. The number of hydrogen-bond acceptors (Lipinski definition) is 6. The van der Waals surface area contributed by atoms with Gasteiger partial charge in [0.25, 0.3) is 0 Å². The Morgan fingerprint density at radius 1 is 0.967 bits per heavy atom. The first-order chi connectivity index (χ1) is 14.7. The fraction of sp³-hybridized carbons (Fsp3) is 0.409. The summed E-state index contributed by atoms with van der Waals surface area (Å²) >= 11 is 12.7. The normalized spacial score (nSPS) is 17.6. The molecule has 0 spiro atoms. The number of nitrogens with zero attached hydrogens (tertiary/aromatic N) is 4. The van der Waals surface area contributed by atoms with Gasteiger partial charge in [0.1, 0.15) is 11.5 Å². The summed E-state index contributed by atoms with van der Waals surface area (Å²) in [7, 11) is 0. The third kappa shape index (κ3) is 3.92. The molecule has 1 saturated heterocycles. The third-order valence-electron chi connectivity index (χ3n) is 5.87. The minimum atomic E-state index is 0.428. The van der Waals surface area contributed by atoms with Crippen LogP contribution in [0.5, 0.6) is 0 Å². The van der Waals surface area contributed by atoms with E-state index in [9.17, 15) is 0 Å². The van der Waals surface area contributed by atoms with Gasteiger partial charge in [-0.1, -0.05) is 36.0 Å². The van der Waals surface area contributed by atoms with E-state index in [1.165, 1.54) is 12.8 Å². The molecule has 1 aliphatic heterocycles. The van der Waals surface area contributed by atoms with Crippen LogP contribution in [0.2, 0.25) is 10.0 Å². The minimum Gasteiger partial charge on any atom is -0.378 e. The molecule has 3 aromatic rings. The number of fused-ring (bicyclic) bond motifs is 1. The average Bonchev–Trinajstić information content (AvgIpc) is 3.29. The lowest BCUT2D eigenvalue weighted by Gasteiger charge is -2.27. The van der Waals surface area contributed by atoms with Crippen LogP contribution in [0.15, 0.2) is 30.5 Å². The van der Waals surface area contributed by atoms with Gasteiger partial charge in [-0.05, 0) is 37.1 Å². The predicted molar refractivity (Wildman–Crippen MR) is 122 cm³/mol. The Labute approximate surface area is 185 Å². The molecule has 6 nitrogen and oxygen atoms in total. The highest BCUT2D eigenvalue weighted by molar-refractivity contribution is 6.43. The standard InChI is InChI=1S/C22H23Cl2N5O/c23-18-11-16-17(12-19(18)24)22(26-15-3-1-2-4-15)28-27-21(16)14-5-6-20(25-13-14)29-7-9-30-10-8-29/h5-6,11-13,15H,1-4,7-10H2,(H,26,28). The van der Waals surface area contributed by atoms with Gasteiger partial charge >= 0.3 is 0 Å². The molecule has 1 aromatic carbocycles. The van der Waals surface area contributed by atoms with Crippen molar-refractivity contribution in [2.45, 2.75) is 31.7 Å². The molecule has 8 heteroatoms. The molecule has 0 atom stereocenters. The van der Waals surface area contributed by atoms with Gasteiger partial charge in [0.05, 0.1) is 23.3 Å². The molecule has 0 bridgehead atoms. The van der Waals surface area contributed by atoms with Crippen molar-refractivity contribution in [2.24, 2.45) is 0 Å². The maximum Gasteiger partial charge on any atom is 0.156 e. The van der Waals surface area contributed by atoms with E-state index in [-0.39, 0.29) is 0 Å². The zero-order valence-corrected chi connectivity index (χ0v) is 18.1. The number of morpholine rings is 1. The summed E-state index contributed by atoms with van der Waals surface area (Å²) in [6, 6.07) is 8.24. The van der Waals surface area contributed by atoms with Crippen molar-refractivity contribution in [3.05, 3.63) is 40.5 Å². The molecular formula is C22H23Cl2N5O. The number of aromatic nitrogens is 3. The van der Waals surface area contributed by atoms with E-state index in [1.54, 1.807) is 0 Å². The molecule has 2 aromatic heterocycles. The van der Waals surface area contributed by atoms with Crippen molar-refractivity contribution in [2.75, 3.05) is 36.5 Å². The van der Waals surface area contributed by atoms with Gasteiger partial charge in [-0.25, -0.2) is 4.98 Å². The third-order valence-corrected chi connectivity index (χ3v) is 6.60. The van der Waals surface area contributed by atoms with E-state index in [2.05, 4.69) is 25.4 Å². The van der Waals surface area contributed by atoms with E-state index in [0.29, 0.717) is 16.1 Å². The molecular weight excluding hydrogens is 421 g/mol. The summed E-state index contributed by atoms with van der Waals surface area (Å²) in [5, 5.41) is 15.5. The van der Waals surface area contributed by atoms with Gasteiger partial charge in [0, 0.05) is 41.7 Å². The Bertz CT molecular complexity index is 1050. The fourth-order valence-corrected chi connectivity index (χ4v) is 4.56. The first-order valence-corrected chi connectivity index (χ1v) is 11.2. The molecule has 156 valence electrons. The Morgan fingerprint density at radius 3 is 2.40 bits per heavy atom. The molecule has 1 N–H and O–H groups in total. The Hall–Kier alpha value is -2.15. The van der Waals surface area contributed by atoms with Gasteiger partial charge < -0.3 is 15.0 Å². The van der Waals surface area contributed by atoms with Gasteiger partial charge in [0.2, 0.25) is 0 Å². The van der Waals surface area contributed by atoms with Crippen molar-refractivity contribution in [3.63, 3.8) is 0 Å². The van der Waals surface area contributed by atoms with Crippen molar-refractivity contribution >= 4 is 45.6 Å². The number of benzene rings is 1. The lowest BCUT2D eigenvalue weighted by atomic mass is 10.1. The van der Waals surface area contributed by atoms with Gasteiger partial charge in [0.15, 0.2) is 5.82 Å². The molecule has 1 saturated carbocycles. The van der Waals surface area contributed by atoms with Crippen LogP contribution >= 0.6 is 23.2 Å². The highest BCUT2D eigenvalue weighted by Crippen LogP contribution is 2.36. The van der Waals surface area contributed by atoms with Crippen molar-refractivity contribution < 1.29 is 4.74 Å². The summed E-state index contributed by atoms with van der Waals surface area (Å²) < 4.78 is 5.42. The number of hydrogen-bond donors (Lipinski definition) is 1. The fourth-order valence-electron chi connectivity index (χ4n) is 4.24. The quantitative estimate of drug-likeness (QED) is 0.598. The number of anilines is 2. The first-order valence-electron chi connectivity index (χ1n) is 10.4. The summed E-state index contributed by atoms with van der Waals surface area (Å²) in [5.41, 5.74) is 1.65. The zero-order valence-electron chi connectivity index (χ0n) is 16.6. The van der Waals surface area contributed by atoms with Crippen LogP contribution in [-0.2, 0) is 4.74 Å². The van der Waals surface area contributed by atoms with Crippen LogP contribution in [0.25, 0.3) is 22.0 Å². The molecule has 3 heterocycles. The molecule has 1 aliphatic carbocycles. The monoisotopic (exact) mass is 443 g/mol. The summed E-state index contributed by atoms with van der Waals surface area (Å²) in [5.74, 6) is 1.71. The maximum atomic E-state index is 6.36. The highest BCUT2D eigenvalue weighted by Gasteiger charge is 2.20. The second kappa shape index (κ2) is 8.53. The molecule has 0 radical (unpaired) electrons. The maximum absolute atomic E-state index is 6.36. The molecule has 2 aliphatic rings. The summed E-state index contributed by atoms with van der Waals surface area (Å²) in [4.78, 5) is 6.88. The number of pyridine rings is 1. The lowest BCUT2D eigenvalue weighted by Crippen LogP contribution is -2.36. The van der Waals surface area contributed by atoms with E-state index >= 15 is 0 Å². The number of halogens is 2. The van der Waals surface area contributed by atoms with Crippen molar-refractivity contribution in [3.8, 4) is 11.3 Å². The number of ether oxygens (including phenoxy) is 1. The van der Waals surface area contributed by atoms with Gasteiger partial charge in [-0.2, -0.15) is 0 Å². The predicted octanol–water partition coefficient (Wildman–Crippen LogP) is 5.19. The molecule has 2 fully saturated rings. The summed E-state index contributed by atoms with van der Waals surface area (Å²) in [6.45, 7) is 3.16. The number of nitrogens with one attached hydrogen (secondary N) is 1. The van der Waals surface area contributed by atoms with E-state index in [1.807, 2.05) is 30.5 Å². The van der Waals surface area contributed by atoms with E-state index < -0.39 is 0 Å².